The van der Waals surface area contributed by atoms with Crippen LogP contribution in [0.1, 0.15) is 24.6 Å². The van der Waals surface area contributed by atoms with Crippen LogP contribution in [0.3, 0.4) is 0 Å². The molecule has 0 aromatic carbocycles. The summed E-state index contributed by atoms with van der Waals surface area (Å²) in [7, 11) is 0. The second kappa shape index (κ2) is 5.85. The Hall–Kier alpha value is 0.1000. The fourth-order valence-electron chi connectivity index (χ4n) is 1.24. The minimum atomic E-state index is -0.596. The van der Waals surface area contributed by atoms with Gasteiger partial charge in [0, 0.05) is 4.88 Å². The lowest BCUT2D eigenvalue weighted by atomic mass is 10.1. The van der Waals surface area contributed by atoms with Gasteiger partial charge in [0.25, 0.3) is 0 Å². The van der Waals surface area contributed by atoms with E-state index in [1.165, 1.54) is 4.88 Å². The molecule has 0 aliphatic heterocycles. The smallest absolute Gasteiger partial charge is 0.0802 e. The van der Waals surface area contributed by atoms with Gasteiger partial charge in [0.1, 0.15) is 0 Å². The molecule has 0 aliphatic carbocycles. The molecule has 0 radical (unpaired) electrons. The van der Waals surface area contributed by atoms with E-state index in [1.54, 1.807) is 11.3 Å². The second-order valence-electron chi connectivity index (χ2n) is 3.29. The Morgan fingerprint density at radius 2 is 2.07 bits per heavy atom. The minimum Gasteiger partial charge on any atom is -0.390 e. The van der Waals surface area contributed by atoms with E-state index in [-0.39, 0.29) is 0 Å². The molecule has 0 saturated carbocycles. The fraction of sp³-hybridized carbons (Fsp3) is 0.600. The van der Waals surface area contributed by atoms with Crippen LogP contribution in [0.4, 0.5) is 0 Å². The van der Waals surface area contributed by atoms with Crippen molar-refractivity contribution in [3.63, 3.8) is 0 Å². The van der Waals surface area contributed by atoms with E-state index < -0.39 is 12.2 Å². The van der Waals surface area contributed by atoms with Crippen LogP contribution in [0.2, 0.25) is 0 Å². The average Bonchev–Trinajstić information content (AvgIpc) is 2.59. The zero-order valence-electron chi connectivity index (χ0n) is 8.11. The number of rotatable bonds is 5. The Kier molecular flexibility index (Phi) is 5.09. The van der Waals surface area contributed by atoms with Crippen molar-refractivity contribution in [3.8, 4) is 0 Å². The molecule has 4 heteroatoms. The van der Waals surface area contributed by atoms with Crippen molar-refractivity contribution >= 4 is 27.3 Å². The van der Waals surface area contributed by atoms with E-state index in [0.29, 0.717) is 12.8 Å². The van der Waals surface area contributed by atoms with E-state index in [4.69, 9.17) is 0 Å². The van der Waals surface area contributed by atoms with Crippen molar-refractivity contribution in [1.29, 1.82) is 0 Å². The molecule has 0 saturated heterocycles. The molecule has 1 aromatic rings. The Labute approximate surface area is 96.7 Å². The Balaban J connectivity index is 2.33. The summed E-state index contributed by atoms with van der Waals surface area (Å²) in [5.41, 5.74) is 0. The summed E-state index contributed by atoms with van der Waals surface area (Å²) in [5.74, 6) is 0. The van der Waals surface area contributed by atoms with E-state index in [1.807, 2.05) is 19.1 Å². The molecule has 1 aromatic heterocycles. The SMILES string of the molecule is CCC(O)C(O)CCc1ccc(Br)s1. The van der Waals surface area contributed by atoms with Crippen molar-refractivity contribution in [2.24, 2.45) is 0 Å². The first-order valence-electron chi connectivity index (χ1n) is 4.73. The molecule has 0 fully saturated rings. The maximum Gasteiger partial charge on any atom is 0.0802 e. The Morgan fingerprint density at radius 3 is 2.57 bits per heavy atom. The van der Waals surface area contributed by atoms with Crippen LogP contribution in [-0.2, 0) is 6.42 Å². The molecule has 0 amide bonds. The average molecular weight is 279 g/mol. The molecular formula is C10H15BrO2S. The molecule has 2 unspecified atom stereocenters. The zero-order valence-corrected chi connectivity index (χ0v) is 10.5. The van der Waals surface area contributed by atoms with Crippen molar-refractivity contribution < 1.29 is 10.2 Å². The molecule has 2 N–H and O–H groups in total. The Morgan fingerprint density at radius 1 is 1.36 bits per heavy atom. The van der Waals surface area contributed by atoms with Crippen LogP contribution in [0.5, 0.6) is 0 Å². The van der Waals surface area contributed by atoms with Gasteiger partial charge in [-0.05, 0) is 47.3 Å². The molecule has 1 rings (SSSR count). The van der Waals surface area contributed by atoms with Gasteiger partial charge in [0.2, 0.25) is 0 Å². The summed E-state index contributed by atoms with van der Waals surface area (Å²) in [4.78, 5) is 1.24. The summed E-state index contributed by atoms with van der Waals surface area (Å²) >= 11 is 5.06. The highest BCUT2D eigenvalue weighted by Gasteiger charge is 2.13. The lowest BCUT2D eigenvalue weighted by Gasteiger charge is -2.15. The van der Waals surface area contributed by atoms with Gasteiger partial charge in [-0.1, -0.05) is 6.92 Å². The van der Waals surface area contributed by atoms with Gasteiger partial charge >= 0.3 is 0 Å². The molecule has 14 heavy (non-hydrogen) atoms. The normalized spacial score (nSPS) is 15.4. The topological polar surface area (TPSA) is 40.5 Å². The largest absolute Gasteiger partial charge is 0.390 e. The summed E-state index contributed by atoms with van der Waals surface area (Å²) in [6, 6.07) is 4.04. The number of aryl methyl sites for hydroxylation is 1. The van der Waals surface area contributed by atoms with Gasteiger partial charge in [-0.3, -0.25) is 0 Å². The highest BCUT2D eigenvalue weighted by Crippen LogP contribution is 2.23. The van der Waals surface area contributed by atoms with E-state index in [2.05, 4.69) is 15.9 Å². The standard InChI is InChI=1S/C10H15BrO2S/c1-2-8(12)9(13)5-3-7-4-6-10(11)14-7/h4,6,8-9,12-13H,2-3,5H2,1H3. The molecule has 2 nitrogen and oxygen atoms in total. The van der Waals surface area contributed by atoms with Crippen LogP contribution in [-0.4, -0.2) is 22.4 Å². The summed E-state index contributed by atoms with van der Waals surface area (Å²) in [6.45, 7) is 1.87. The highest BCUT2D eigenvalue weighted by molar-refractivity contribution is 9.11. The third-order valence-corrected chi connectivity index (χ3v) is 3.86. The van der Waals surface area contributed by atoms with Crippen molar-refractivity contribution in [2.45, 2.75) is 38.4 Å². The zero-order chi connectivity index (χ0) is 10.6. The van der Waals surface area contributed by atoms with Crippen LogP contribution in [0.15, 0.2) is 15.9 Å². The Bertz CT molecular complexity index is 275. The number of thiophene rings is 1. The molecule has 2 atom stereocenters. The summed E-state index contributed by atoms with van der Waals surface area (Å²) in [6.07, 6.45) is 0.880. The van der Waals surface area contributed by atoms with E-state index in [9.17, 15) is 10.2 Å². The van der Waals surface area contributed by atoms with Crippen LogP contribution < -0.4 is 0 Å². The van der Waals surface area contributed by atoms with E-state index in [0.717, 1.165) is 10.2 Å². The molecule has 0 aliphatic rings. The van der Waals surface area contributed by atoms with Gasteiger partial charge in [-0.2, -0.15) is 0 Å². The van der Waals surface area contributed by atoms with Gasteiger partial charge in [0.05, 0.1) is 16.0 Å². The van der Waals surface area contributed by atoms with Crippen LogP contribution >= 0.6 is 27.3 Å². The number of hydrogen-bond donors (Lipinski definition) is 2. The van der Waals surface area contributed by atoms with Crippen molar-refractivity contribution in [2.75, 3.05) is 0 Å². The highest BCUT2D eigenvalue weighted by atomic mass is 79.9. The van der Waals surface area contributed by atoms with Crippen molar-refractivity contribution in [3.05, 3.63) is 20.8 Å². The molecular weight excluding hydrogens is 264 g/mol. The third kappa shape index (κ3) is 3.69. The third-order valence-electron chi connectivity index (χ3n) is 2.18. The van der Waals surface area contributed by atoms with Crippen LogP contribution in [0.25, 0.3) is 0 Å². The van der Waals surface area contributed by atoms with Gasteiger partial charge in [-0.25, -0.2) is 0 Å². The predicted molar refractivity (Wildman–Crippen MR) is 62.6 cm³/mol. The van der Waals surface area contributed by atoms with Crippen molar-refractivity contribution in [1.82, 2.24) is 0 Å². The lowest BCUT2D eigenvalue weighted by molar-refractivity contribution is 0.0131. The number of aliphatic hydroxyl groups excluding tert-OH is 2. The maximum absolute atomic E-state index is 9.53. The molecule has 0 spiro atoms. The first-order chi connectivity index (χ1) is 6.63. The van der Waals surface area contributed by atoms with Gasteiger partial charge in [0.15, 0.2) is 0 Å². The van der Waals surface area contributed by atoms with E-state index >= 15 is 0 Å². The first kappa shape index (κ1) is 12.2. The maximum atomic E-state index is 9.53. The predicted octanol–water partition coefficient (Wildman–Crippen LogP) is 2.58. The quantitative estimate of drug-likeness (QED) is 0.869. The number of halogens is 1. The number of aliphatic hydroxyl groups is 2. The van der Waals surface area contributed by atoms with Crippen LogP contribution in [0, 0.1) is 0 Å². The number of hydrogen-bond acceptors (Lipinski definition) is 3. The molecule has 1 heterocycles. The fourth-order valence-corrected chi connectivity index (χ4v) is 2.74. The lowest BCUT2D eigenvalue weighted by Crippen LogP contribution is -2.25. The van der Waals surface area contributed by atoms with Gasteiger partial charge < -0.3 is 10.2 Å². The minimum absolute atomic E-state index is 0.585. The summed E-state index contributed by atoms with van der Waals surface area (Å²) in [5, 5.41) is 18.9. The molecule has 0 bridgehead atoms. The first-order valence-corrected chi connectivity index (χ1v) is 6.34. The summed E-state index contributed by atoms with van der Waals surface area (Å²) < 4.78 is 1.11. The molecule has 80 valence electrons. The monoisotopic (exact) mass is 278 g/mol. The second-order valence-corrected chi connectivity index (χ2v) is 5.84. The van der Waals surface area contributed by atoms with Gasteiger partial charge in [-0.15, -0.1) is 11.3 Å².